The number of imidazole rings is 1. The summed E-state index contributed by atoms with van der Waals surface area (Å²) in [6.07, 6.45) is 5.67. The van der Waals surface area contributed by atoms with Crippen LogP contribution in [0.15, 0.2) is 41.5 Å². The van der Waals surface area contributed by atoms with Gasteiger partial charge in [-0.25, -0.2) is 9.18 Å². The molecule has 88 valence electrons. The van der Waals surface area contributed by atoms with E-state index in [1.165, 1.54) is 6.07 Å². The van der Waals surface area contributed by atoms with Crippen LogP contribution in [0.3, 0.4) is 0 Å². The van der Waals surface area contributed by atoms with Gasteiger partial charge in [0.25, 0.3) is 0 Å². The van der Waals surface area contributed by atoms with E-state index in [2.05, 4.69) is 0 Å². The predicted molar refractivity (Wildman–Crippen MR) is 62.5 cm³/mol. The number of benzene rings is 1. The Balaban J connectivity index is 1.91. The van der Waals surface area contributed by atoms with Crippen molar-refractivity contribution in [1.82, 2.24) is 9.13 Å². The van der Waals surface area contributed by atoms with Crippen LogP contribution >= 0.6 is 0 Å². The van der Waals surface area contributed by atoms with E-state index >= 15 is 0 Å². The molecule has 0 N–H and O–H groups in total. The smallest absolute Gasteiger partial charge is 0.296 e. The zero-order chi connectivity index (χ0) is 11.8. The Morgan fingerprint density at radius 3 is 2.71 bits per heavy atom. The molecule has 0 radical (unpaired) electrons. The molecule has 1 fully saturated rings. The van der Waals surface area contributed by atoms with Crippen LogP contribution in [0.4, 0.5) is 4.39 Å². The molecule has 0 bridgehead atoms. The first-order valence-electron chi connectivity index (χ1n) is 5.76. The second kappa shape index (κ2) is 3.87. The average molecular weight is 232 g/mol. The fraction of sp³-hybridized carbons (Fsp3) is 0.308. The number of halogens is 1. The van der Waals surface area contributed by atoms with E-state index < -0.39 is 0 Å². The van der Waals surface area contributed by atoms with E-state index in [0.717, 1.165) is 12.8 Å². The zero-order valence-corrected chi connectivity index (χ0v) is 9.34. The van der Waals surface area contributed by atoms with Crippen LogP contribution in [-0.2, 0) is 6.54 Å². The van der Waals surface area contributed by atoms with Crippen molar-refractivity contribution < 1.29 is 4.39 Å². The average Bonchev–Trinajstić information content (AvgIpc) is 3.09. The molecule has 1 aromatic heterocycles. The lowest BCUT2D eigenvalue weighted by Crippen LogP contribution is -2.24. The normalized spacial score (nSPS) is 15.1. The number of nitrogens with zero attached hydrogens (tertiary/aromatic N) is 2. The van der Waals surface area contributed by atoms with Crippen molar-refractivity contribution in [2.24, 2.45) is 0 Å². The third kappa shape index (κ3) is 1.90. The van der Waals surface area contributed by atoms with Crippen molar-refractivity contribution in [3.05, 3.63) is 58.5 Å². The molecular formula is C13H13FN2O. The minimum absolute atomic E-state index is 0.0456. The van der Waals surface area contributed by atoms with Gasteiger partial charge in [0.1, 0.15) is 5.82 Å². The molecule has 4 heteroatoms. The lowest BCUT2D eigenvalue weighted by molar-refractivity contribution is 0.589. The zero-order valence-electron chi connectivity index (χ0n) is 9.34. The SMILES string of the molecule is O=c1n(Cc2ccccc2F)ccn1C1CC1. The fourth-order valence-corrected chi connectivity index (χ4v) is 1.99. The lowest BCUT2D eigenvalue weighted by atomic mass is 10.2. The van der Waals surface area contributed by atoms with Gasteiger partial charge in [0.05, 0.1) is 6.54 Å². The van der Waals surface area contributed by atoms with Gasteiger partial charge in [-0.1, -0.05) is 18.2 Å². The van der Waals surface area contributed by atoms with Crippen LogP contribution in [0.25, 0.3) is 0 Å². The van der Waals surface area contributed by atoms with Gasteiger partial charge in [0, 0.05) is 24.0 Å². The summed E-state index contributed by atoms with van der Waals surface area (Å²) in [7, 11) is 0. The van der Waals surface area contributed by atoms with Gasteiger partial charge in [0.2, 0.25) is 0 Å². The van der Waals surface area contributed by atoms with E-state index in [4.69, 9.17) is 0 Å². The number of rotatable bonds is 3. The van der Waals surface area contributed by atoms with Crippen LogP contribution in [0.1, 0.15) is 24.4 Å². The Labute approximate surface area is 98.1 Å². The summed E-state index contributed by atoms with van der Waals surface area (Å²) >= 11 is 0. The molecule has 1 aliphatic rings. The maximum absolute atomic E-state index is 13.5. The summed E-state index contributed by atoms with van der Waals surface area (Å²) in [5.74, 6) is -0.265. The Hall–Kier alpha value is -1.84. The molecule has 17 heavy (non-hydrogen) atoms. The Kier molecular flexibility index (Phi) is 2.35. The summed E-state index contributed by atoms with van der Waals surface area (Å²) in [4.78, 5) is 12.0. The first-order chi connectivity index (χ1) is 8.25. The number of aromatic nitrogens is 2. The molecule has 1 saturated carbocycles. The van der Waals surface area contributed by atoms with Gasteiger partial charge in [-0.2, -0.15) is 0 Å². The summed E-state index contributed by atoms with van der Waals surface area (Å²) in [6.45, 7) is 0.297. The molecule has 1 aliphatic carbocycles. The lowest BCUT2D eigenvalue weighted by Gasteiger charge is -2.03. The maximum Gasteiger partial charge on any atom is 0.328 e. The highest BCUT2D eigenvalue weighted by atomic mass is 19.1. The summed E-state index contributed by atoms with van der Waals surface area (Å²) < 4.78 is 16.8. The van der Waals surface area contributed by atoms with Crippen molar-refractivity contribution in [1.29, 1.82) is 0 Å². The highest BCUT2D eigenvalue weighted by molar-refractivity contribution is 5.17. The number of hydrogen-bond acceptors (Lipinski definition) is 1. The molecule has 3 rings (SSSR count). The van der Waals surface area contributed by atoms with Gasteiger partial charge in [-0.05, 0) is 18.9 Å². The largest absolute Gasteiger partial charge is 0.328 e. The topological polar surface area (TPSA) is 26.9 Å². The highest BCUT2D eigenvalue weighted by Gasteiger charge is 2.25. The summed E-state index contributed by atoms with van der Waals surface area (Å²) in [5, 5.41) is 0. The van der Waals surface area contributed by atoms with Crippen molar-refractivity contribution in [3.8, 4) is 0 Å². The van der Waals surface area contributed by atoms with E-state index in [1.54, 1.807) is 39.7 Å². The van der Waals surface area contributed by atoms with Crippen LogP contribution in [0.2, 0.25) is 0 Å². The molecule has 1 heterocycles. The molecule has 0 amide bonds. The Morgan fingerprint density at radius 1 is 1.24 bits per heavy atom. The highest BCUT2D eigenvalue weighted by Crippen LogP contribution is 2.33. The second-order valence-electron chi connectivity index (χ2n) is 4.44. The molecule has 2 aromatic rings. The second-order valence-corrected chi connectivity index (χ2v) is 4.44. The Morgan fingerprint density at radius 2 is 2.00 bits per heavy atom. The van der Waals surface area contributed by atoms with E-state index in [1.807, 2.05) is 0 Å². The van der Waals surface area contributed by atoms with Crippen LogP contribution < -0.4 is 5.69 Å². The fourth-order valence-electron chi connectivity index (χ4n) is 1.99. The van der Waals surface area contributed by atoms with Crippen LogP contribution in [0, 0.1) is 5.82 Å². The third-order valence-electron chi connectivity index (χ3n) is 3.11. The predicted octanol–water partition coefficient (Wildman–Crippen LogP) is 2.17. The summed E-state index contributed by atoms with van der Waals surface area (Å²) in [6, 6.07) is 6.91. The van der Waals surface area contributed by atoms with Crippen molar-refractivity contribution in [2.45, 2.75) is 25.4 Å². The van der Waals surface area contributed by atoms with Gasteiger partial charge in [-0.15, -0.1) is 0 Å². The quantitative estimate of drug-likeness (QED) is 0.796. The molecule has 0 saturated heterocycles. The first-order valence-corrected chi connectivity index (χ1v) is 5.76. The molecule has 0 spiro atoms. The van der Waals surface area contributed by atoms with Crippen molar-refractivity contribution in [3.63, 3.8) is 0 Å². The molecule has 0 unspecified atom stereocenters. The maximum atomic E-state index is 13.5. The van der Waals surface area contributed by atoms with Crippen LogP contribution in [-0.4, -0.2) is 9.13 Å². The van der Waals surface area contributed by atoms with Gasteiger partial charge in [-0.3, -0.25) is 9.13 Å². The van der Waals surface area contributed by atoms with Gasteiger partial charge < -0.3 is 0 Å². The standard InChI is InChI=1S/C13H13FN2O/c14-12-4-2-1-3-10(12)9-15-7-8-16(13(15)17)11-5-6-11/h1-4,7-8,11H,5-6,9H2. The number of hydrogen-bond donors (Lipinski definition) is 0. The van der Waals surface area contributed by atoms with E-state index in [0.29, 0.717) is 18.2 Å². The van der Waals surface area contributed by atoms with E-state index in [-0.39, 0.29) is 11.5 Å². The third-order valence-corrected chi connectivity index (χ3v) is 3.11. The first kappa shape index (κ1) is 10.3. The molecule has 1 aromatic carbocycles. The minimum atomic E-state index is -0.265. The van der Waals surface area contributed by atoms with Crippen molar-refractivity contribution in [2.75, 3.05) is 0 Å². The summed E-state index contributed by atoms with van der Waals surface area (Å²) in [5.41, 5.74) is 0.499. The van der Waals surface area contributed by atoms with Crippen LogP contribution in [0.5, 0.6) is 0 Å². The molecule has 0 aliphatic heterocycles. The molecule has 3 nitrogen and oxygen atoms in total. The monoisotopic (exact) mass is 232 g/mol. The van der Waals surface area contributed by atoms with E-state index in [9.17, 15) is 9.18 Å². The molecule has 0 atom stereocenters. The Bertz CT molecular complexity index is 595. The van der Waals surface area contributed by atoms with Gasteiger partial charge in [0.15, 0.2) is 0 Å². The van der Waals surface area contributed by atoms with Gasteiger partial charge >= 0.3 is 5.69 Å². The minimum Gasteiger partial charge on any atom is -0.296 e. The van der Waals surface area contributed by atoms with Crippen molar-refractivity contribution >= 4 is 0 Å². The molecular weight excluding hydrogens is 219 g/mol.